The number of cyclic esters (lactones) is 1. The topological polar surface area (TPSA) is 178 Å². The monoisotopic (exact) mass is 713 g/mol. The number of furan rings is 1. The van der Waals surface area contributed by atoms with E-state index in [4.69, 9.17) is 18.6 Å². The van der Waals surface area contributed by atoms with Gasteiger partial charge in [0, 0.05) is 24.5 Å². The lowest BCUT2D eigenvalue weighted by Crippen LogP contribution is -2.59. The van der Waals surface area contributed by atoms with Crippen LogP contribution in [-0.2, 0) is 25.5 Å². The summed E-state index contributed by atoms with van der Waals surface area (Å²) in [5.74, 6) is -1.93. The molecule has 50 heavy (non-hydrogen) atoms. The number of nitrogens with one attached hydrogen (secondary N) is 1. The standard InChI is InChI=1S/C37H67N3O10/c1-11-29-37(8,46)32(43)26(6)40(16-13-15-38-20-27-14-12-17-47-27)21-22(2)19-36(7,45)33(24(4)30(41)25(5)34(44)49-29)50-35-31(42)28(39(9)10)18-23(3)48-35/h12,14,17,22-26,28-33,35,38,41-43,45-46H,11,13,15-16,18-21H2,1-10H3/t22-,23-,24+,25-,26+,28+,29+,30+,31-,32-,33-,35+,36-,37-/m1/s1. The van der Waals surface area contributed by atoms with Crippen LogP contribution in [0.2, 0.25) is 0 Å². The van der Waals surface area contributed by atoms with E-state index >= 15 is 0 Å². The SMILES string of the molecule is CC[C@@H]1OC(=O)[C@H](C)[C@@H](O)[C@H](C)[C@@H](O[C@@H]2O[C@H](C)C[C@H](N(C)C)[C@H]2O)[C@](C)(O)C[C@@H](C)CN(CCCNCc2ccco2)[C@@H](C)[C@@H](O)[C@]1(C)O. The van der Waals surface area contributed by atoms with Crippen LogP contribution < -0.4 is 5.32 Å². The number of aliphatic hydroxyl groups excluding tert-OH is 3. The molecule has 0 unspecified atom stereocenters. The van der Waals surface area contributed by atoms with E-state index < -0.39 is 71.9 Å². The minimum Gasteiger partial charge on any atom is -0.468 e. The Kier molecular flexibility index (Phi) is 15.7. The summed E-state index contributed by atoms with van der Waals surface area (Å²) in [6, 6.07) is 2.94. The van der Waals surface area contributed by atoms with Gasteiger partial charge < -0.3 is 54.4 Å². The molecule has 1 aromatic rings. The van der Waals surface area contributed by atoms with Crippen molar-refractivity contribution in [2.45, 2.75) is 154 Å². The van der Waals surface area contributed by atoms with Crippen molar-refractivity contribution in [1.82, 2.24) is 15.1 Å². The average Bonchev–Trinajstić information content (AvgIpc) is 3.57. The quantitative estimate of drug-likeness (QED) is 0.154. The van der Waals surface area contributed by atoms with Gasteiger partial charge in [-0.25, -0.2) is 0 Å². The van der Waals surface area contributed by atoms with Crippen LogP contribution in [0.5, 0.6) is 0 Å². The lowest BCUT2D eigenvalue weighted by molar-refractivity contribution is -0.299. The maximum atomic E-state index is 13.6. The van der Waals surface area contributed by atoms with Gasteiger partial charge in [-0.05, 0) is 106 Å². The molecule has 0 radical (unpaired) electrons. The molecule has 13 nitrogen and oxygen atoms in total. The molecule has 3 heterocycles. The van der Waals surface area contributed by atoms with Crippen molar-refractivity contribution in [2.75, 3.05) is 33.7 Å². The zero-order valence-corrected chi connectivity index (χ0v) is 32.0. The van der Waals surface area contributed by atoms with Crippen LogP contribution in [0.15, 0.2) is 22.8 Å². The molecule has 6 N–H and O–H groups in total. The van der Waals surface area contributed by atoms with E-state index in [0.29, 0.717) is 32.6 Å². The molecule has 0 spiro atoms. The Morgan fingerprint density at radius 2 is 1.76 bits per heavy atom. The molecule has 0 aliphatic carbocycles. The van der Waals surface area contributed by atoms with Gasteiger partial charge >= 0.3 is 5.97 Å². The van der Waals surface area contributed by atoms with Gasteiger partial charge in [-0.2, -0.15) is 0 Å². The number of esters is 1. The molecule has 290 valence electrons. The Balaban J connectivity index is 1.96. The van der Waals surface area contributed by atoms with Crippen molar-refractivity contribution in [3.05, 3.63) is 24.2 Å². The van der Waals surface area contributed by atoms with Crippen LogP contribution in [-0.4, -0.2) is 141 Å². The summed E-state index contributed by atoms with van der Waals surface area (Å²) in [4.78, 5) is 17.6. The van der Waals surface area contributed by atoms with Crippen LogP contribution in [0.4, 0.5) is 0 Å². The summed E-state index contributed by atoms with van der Waals surface area (Å²) >= 11 is 0. The first-order chi connectivity index (χ1) is 23.3. The van der Waals surface area contributed by atoms with E-state index in [1.165, 1.54) is 13.8 Å². The van der Waals surface area contributed by atoms with Gasteiger partial charge in [0.25, 0.3) is 0 Å². The minimum atomic E-state index is -1.80. The predicted octanol–water partition coefficient (Wildman–Crippen LogP) is 2.12. The van der Waals surface area contributed by atoms with Gasteiger partial charge in [0.15, 0.2) is 6.29 Å². The second kappa shape index (κ2) is 18.4. The van der Waals surface area contributed by atoms with Crippen molar-refractivity contribution in [2.24, 2.45) is 17.8 Å². The van der Waals surface area contributed by atoms with E-state index in [1.54, 1.807) is 27.0 Å². The molecule has 2 aliphatic rings. The van der Waals surface area contributed by atoms with Crippen molar-refractivity contribution in [1.29, 1.82) is 0 Å². The van der Waals surface area contributed by atoms with Crippen molar-refractivity contribution < 1.29 is 49.0 Å². The third kappa shape index (κ3) is 10.7. The van der Waals surface area contributed by atoms with Gasteiger partial charge in [0.05, 0.1) is 42.6 Å². The number of rotatable bonds is 10. The van der Waals surface area contributed by atoms with E-state index in [2.05, 4.69) is 10.2 Å². The van der Waals surface area contributed by atoms with Crippen LogP contribution in [0.25, 0.3) is 0 Å². The number of carbonyl (C=O) groups excluding carboxylic acids is 1. The Morgan fingerprint density at radius 1 is 1.08 bits per heavy atom. The van der Waals surface area contributed by atoms with E-state index in [-0.39, 0.29) is 30.9 Å². The zero-order valence-electron chi connectivity index (χ0n) is 32.0. The highest BCUT2D eigenvalue weighted by atomic mass is 16.7. The van der Waals surface area contributed by atoms with Gasteiger partial charge in [0.2, 0.25) is 0 Å². The molecule has 0 aromatic carbocycles. The van der Waals surface area contributed by atoms with Crippen LogP contribution in [0.1, 0.15) is 86.8 Å². The predicted molar refractivity (Wildman–Crippen MR) is 189 cm³/mol. The molecule has 2 fully saturated rings. The van der Waals surface area contributed by atoms with Gasteiger partial charge in [-0.1, -0.05) is 20.8 Å². The number of likely N-dealkylation sites (N-methyl/N-ethyl adjacent to an activating group) is 1. The fourth-order valence-corrected chi connectivity index (χ4v) is 7.93. The molecule has 14 atom stereocenters. The number of carbonyl (C=O) groups is 1. The number of aliphatic hydroxyl groups is 5. The third-order valence-electron chi connectivity index (χ3n) is 11.0. The fourth-order valence-electron chi connectivity index (χ4n) is 7.93. The average molecular weight is 714 g/mol. The van der Waals surface area contributed by atoms with Crippen molar-refractivity contribution in [3.8, 4) is 0 Å². The second-order valence-corrected chi connectivity index (χ2v) is 15.8. The lowest BCUT2D eigenvalue weighted by atomic mass is 9.78. The summed E-state index contributed by atoms with van der Waals surface area (Å²) < 4.78 is 23.8. The highest BCUT2D eigenvalue weighted by molar-refractivity contribution is 5.73. The lowest BCUT2D eigenvalue weighted by Gasteiger charge is -2.46. The van der Waals surface area contributed by atoms with Gasteiger partial charge in [-0.15, -0.1) is 0 Å². The summed E-state index contributed by atoms with van der Waals surface area (Å²) in [5.41, 5.74) is -3.35. The summed E-state index contributed by atoms with van der Waals surface area (Å²) in [5, 5.41) is 62.0. The molecule has 0 saturated carbocycles. The molecule has 1 aromatic heterocycles. The van der Waals surface area contributed by atoms with Crippen LogP contribution in [0, 0.1) is 17.8 Å². The highest BCUT2D eigenvalue weighted by Gasteiger charge is 2.50. The molecule has 2 saturated heterocycles. The van der Waals surface area contributed by atoms with Crippen LogP contribution in [0.3, 0.4) is 0 Å². The Hall–Kier alpha value is -1.65. The maximum Gasteiger partial charge on any atom is 0.311 e. The first-order valence-electron chi connectivity index (χ1n) is 18.5. The van der Waals surface area contributed by atoms with Crippen molar-refractivity contribution >= 4 is 5.97 Å². The second-order valence-electron chi connectivity index (χ2n) is 15.8. The fraction of sp³-hybridized carbons (Fsp3) is 0.865. The van der Waals surface area contributed by atoms with E-state index in [1.807, 2.05) is 51.9 Å². The largest absolute Gasteiger partial charge is 0.468 e. The maximum absolute atomic E-state index is 13.6. The van der Waals surface area contributed by atoms with Gasteiger partial charge in [0.1, 0.15) is 29.7 Å². The highest BCUT2D eigenvalue weighted by Crippen LogP contribution is 2.36. The smallest absolute Gasteiger partial charge is 0.311 e. The van der Waals surface area contributed by atoms with Crippen molar-refractivity contribution in [3.63, 3.8) is 0 Å². The summed E-state index contributed by atoms with van der Waals surface area (Å²) in [6.45, 7) is 16.2. The Labute approximate surface area is 299 Å². The molecule has 13 heteroatoms. The Morgan fingerprint density at radius 3 is 2.36 bits per heavy atom. The molecular weight excluding hydrogens is 646 g/mol. The van der Waals surface area contributed by atoms with E-state index in [9.17, 15) is 30.3 Å². The number of hydrogen-bond donors (Lipinski definition) is 6. The number of hydrogen-bond acceptors (Lipinski definition) is 13. The number of ether oxygens (including phenoxy) is 3. The summed E-state index contributed by atoms with van der Waals surface area (Å²) in [7, 11) is 3.76. The van der Waals surface area contributed by atoms with Gasteiger partial charge in [-0.3, -0.25) is 9.69 Å². The molecule has 0 bridgehead atoms. The first kappa shape index (κ1) is 42.8. The normalized spacial score (nSPS) is 41.8. The Bertz CT molecular complexity index is 1150. The molecule has 2 aliphatic heterocycles. The minimum absolute atomic E-state index is 0.149. The molecular formula is C37H67N3O10. The third-order valence-corrected chi connectivity index (χ3v) is 11.0. The zero-order chi connectivity index (χ0) is 37.6. The molecule has 0 amide bonds. The first-order valence-corrected chi connectivity index (χ1v) is 18.5. The summed E-state index contributed by atoms with van der Waals surface area (Å²) in [6.07, 6.45) is -3.65. The number of nitrogens with zero attached hydrogens (tertiary/aromatic N) is 2. The van der Waals surface area contributed by atoms with Crippen LogP contribution >= 0.6 is 0 Å². The molecule has 3 rings (SSSR count). The van der Waals surface area contributed by atoms with E-state index in [0.717, 1.165) is 12.2 Å².